The molecular formula is C14H20F3N3O. The Morgan fingerprint density at radius 2 is 1.76 bits per heavy atom. The second kappa shape index (κ2) is 6.64. The number of piperazine rings is 1. The first-order chi connectivity index (χ1) is 9.83. The molecule has 0 amide bonds. The number of hydrogen-bond acceptors (Lipinski definition) is 4. The highest BCUT2D eigenvalue weighted by atomic mass is 19.4. The number of rotatable bonds is 4. The standard InChI is InChI=1S/C14H20F3N3O/c15-14(16,17)10-20-6-4-19(5-7-20)9-13(21)11-2-1-3-12(18)8-11/h1-3,8,13,21H,4-7,9-10,18H2. The minimum absolute atomic E-state index is 0.364. The van der Waals surface area contributed by atoms with Crippen molar-refractivity contribution in [3.05, 3.63) is 29.8 Å². The van der Waals surface area contributed by atoms with E-state index in [9.17, 15) is 18.3 Å². The number of benzene rings is 1. The van der Waals surface area contributed by atoms with Gasteiger partial charge in [-0.05, 0) is 17.7 Å². The number of anilines is 1. The zero-order valence-corrected chi connectivity index (χ0v) is 11.7. The van der Waals surface area contributed by atoms with Gasteiger partial charge in [-0.3, -0.25) is 9.80 Å². The zero-order valence-electron chi connectivity index (χ0n) is 11.7. The number of halogens is 3. The summed E-state index contributed by atoms with van der Waals surface area (Å²) in [6.45, 7) is 1.32. The molecule has 1 aromatic rings. The lowest BCUT2D eigenvalue weighted by atomic mass is 10.1. The fourth-order valence-corrected chi connectivity index (χ4v) is 2.50. The summed E-state index contributed by atoms with van der Waals surface area (Å²) in [4.78, 5) is 3.37. The SMILES string of the molecule is Nc1cccc(C(O)CN2CCN(CC(F)(F)F)CC2)c1. The van der Waals surface area contributed by atoms with E-state index < -0.39 is 18.8 Å². The molecular weight excluding hydrogens is 283 g/mol. The maximum atomic E-state index is 12.3. The van der Waals surface area contributed by atoms with Gasteiger partial charge in [0, 0.05) is 38.4 Å². The first-order valence-electron chi connectivity index (χ1n) is 6.88. The molecule has 0 aromatic heterocycles. The lowest BCUT2D eigenvalue weighted by Crippen LogP contribution is -2.49. The normalized spacial score (nSPS) is 19.6. The van der Waals surface area contributed by atoms with Crippen LogP contribution in [0.4, 0.5) is 18.9 Å². The number of nitrogens with zero attached hydrogens (tertiary/aromatic N) is 2. The average Bonchev–Trinajstić information content (AvgIpc) is 2.39. The molecule has 1 fully saturated rings. The number of aliphatic hydroxyl groups is 1. The first kappa shape index (κ1) is 16.1. The van der Waals surface area contributed by atoms with Gasteiger partial charge in [-0.15, -0.1) is 0 Å². The van der Waals surface area contributed by atoms with E-state index in [2.05, 4.69) is 0 Å². The first-order valence-corrected chi connectivity index (χ1v) is 6.88. The predicted molar refractivity (Wildman–Crippen MR) is 74.7 cm³/mol. The molecule has 1 saturated heterocycles. The summed E-state index contributed by atoms with van der Waals surface area (Å²) in [7, 11) is 0. The van der Waals surface area contributed by atoms with Gasteiger partial charge in [0.1, 0.15) is 0 Å². The van der Waals surface area contributed by atoms with Crippen molar-refractivity contribution in [1.29, 1.82) is 0 Å². The van der Waals surface area contributed by atoms with E-state index in [1.807, 2.05) is 4.90 Å². The van der Waals surface area contributed by atoms with E-state index >= 15 is 0 Å². The maximum Gasteiger partial charge on any atom is 0.401 e. The molecule has 1 heterocycles. The minimum Gasteiger partial charge on any atom is -0.399 e. The third-order valence-electron chi connectivity index (χ3n) is 3.59. The van der Waals surface area contributed by atoms with Gasteiger partial charge in [-0.2, -0.15) is 13.2 Å². The Labute approximate surface area is 121 Å². The molecule has 0 radical (unpaired) electrons. The molecule has 1 atom stereocenters. The van der Waals surface area contributed by atoms with E-state index in [-0.39, 0.29) is 0 Å². The van der Waals surface area contributed by atoms with Crippen LogP contribution in [0, 0.1) is 0 Å². The highest BCUT2D eigenvalue weighted by Gasteiger charge is 2.32. The van der Waals surface area contributed by atoms with Gasteiger partial charge in [-0.25, -0.2) is 0 Å². The van der Waals surface area contributed by atoms with Crippen LogP contribution in [0.5, 0.6) is 0 Å². The molecule has 0 aliphatic carbocycles. The number of β-amino-alcohol motifs (C(OH)–C–C–N with tert-alkyl or cyclic N) is 1. The van der Waals surface area contributed by atoms with Crippen LogP contribution in [0.25, 0.3) is 0 Å². The Morgan fingerprint density at radius 3 is 2.33 bits per heavy atom. The summed E-state index contributed by atoms with van der Waals surface area (Å²) in [6.07, 6.45) is -4.83. The van der Waals surface area contributed by atoms with Crippen molar-refractivity contribution >= 4 is 5.69 Å². The minimum atomic E-state index is -4.15. The summed E-state index contributed by atoms with van der Waals surface area (Å²) in [5, 5.41) is 10.2. The topological polar surface area (TPSA) is 52.7 Å². The van der Waals surface area contributed by atoms with Crippen molar-refractivity contribution < 1.29 is 18.3 Å². The van der Waals surface area contributed by atoms with Crippen LogP contribution in [-0.2, 0) is 0 Å². The van der Waals surface area contributed by atoms with Gasteiger partial charge in [-0.1, -0.05) is 12.1 Å². The van der Waals surface area contributed by atoms with Crippen LogP contribution in [0.15, 0.2) is 24.3 Å². The van der Waals surface area contributed by atoms with E-state index in [1.165, 1.54) is 4.90 Å². The highest BCUT2D eigenvalue weighted by Crippen LogP contribution is 2.20. The molecule has 0 saturated carbocycles. The van der Waals surface area contributed by atoms with Crippen molar-refractivity contribution in [2.45, 2.75) is 12.3 Å². The summed E-state index contributed by atoms with van der Waals surface area (Å²) >= 11 is 0. The smallest absolute Gasteiger partial charge is 0.399 e. The molecule has 1 aliphatic heterocycles. The Balaban J connectivity index is 1.81. The molecule has 1 aromatic carbocycles. The Morgan fingerprint density at radius 1 is 1.14 bits per heavy atom. The van der Waals surface area contributed by atoms with Crippen molar-refractivity contribution in [2.75, 3.05) is 45.0 Å². The number of hydrogen-bond donors (Lipinski definition) is 2. The van der Waals surface area contributed by atoms with Gasteiger partial charge in [0.25, 0.3) is 0 Å². The van der Waals surface area contributed by atoms with Crippen molar-refractivity contribution in [3.8, 4) is 0 Å². The van der Waals surface area contributed by atoms with Gasteiger partial charge in [0.15, 0.2) is 0 Å². The Hall–Kier alpha value is -1.31. The van der Waals surface area contributed by atoms with Crippen molar-refractivity contribution in [2.24, 2.45) is 0 Å². The third-order valence-corrected chi connectivity index (χ3v) is 3.59. The molecule has 3 N–H and O–H groups in total. The van der Waals surface area contributed by atoms with Crippen molar-refractivity contribution in [3.63, 3.8) is 0 Å². The van der Waals surface area contributed by atoms with Crippen LogP contribution in [0.1, 0.15) is 11.7 Å². The van der Waals surface area contributed by atoms with Gasteiger partial charge < -0.3 is 10.8 Å². The van der Waals surface area contributed by atoms with E-state index in [0.29, 0.717) is 38.4 Å². The van der Waals surface area contributed by atoms with Crippen LogP contribution in [-0.4, -0.2) is 60.4 Å². The molecule has 1 unspecified atom stereocenters. The largest absolute Gasteiger partial charge is 0.401 e. The van der Waals surface area contributed by atoms with Gasteiger partial charge in [0.2, 0.25) is 0 Å². The van der Waals surface area contributed by atoms with Crippen LogP contribution in [0.3, 0.4) is 0 Å². The maximum absolute atomic E-state index is 12.3. The van der Waals surface area contributed by atoms with Crippen molar-refractivity contribution in [1.82, 2.24) is 9.80 Å². The molecule has 118 valence electrons. The van der Waals surface area contributed by atoms with Crippen LogP contribution in [0.2, 0.25) is 0 Å². The van der Waals surface area contributed by atoms with Crippen LogP contribution < -0.4 is 5.73 Å². The predicted octanol–water partition coefficient (Wildman–Crippen LogP) is 1.48. The van der Waals surface area contributed by atoms with E-state index in [0.717, 1.165) is 5.56 Å². The summed E-state index contributed by atoms with van der Waals surface area (Å²) < 4.78 is 36.9. The average molecular weight is 303 g/mol. The number of alkyl halides is 3. The van der Waals surface area contributed by atoms with E-state index in [4.69, 9.17) is 5.73 Å². The molecule has 7 heteroatoms. The molecule has 4 nitrogen and oxygen atoms in total. The fourth-order valence-electron chi connectivity index (χ4n) is 2.50. The quantitative estimate of drug-likeness (QED) is 0.827. The summed E-state index contributed by atoms with van der Waals surface area (Å²) in [5.74, 6) is 0. The second-order valence-corrected chi connectivity index (χ2v) is 5.38. The summed E-state index contributed by atoms with van der Waals surface area (Å²) in [5.41, 5.74) is 6.98. The Kier molecular flexibility index (Phi) is 5.08. The molecule has 2 rings (SSSR count). The second-order valence-electron chi connectivity index (χ2n) is 5.38. The van der Waals surface area contributed by atoms with Gasteiger partial charge in [0.05, 0.1) is 12.6 Å². The summed E-state index contributed by atoms with van der Waals surface area (Å²) in [6, 6.07) is 7.02. The lowest BCUT2D eigenvalue weighted by Gasteiger charge is -2.35. The highest BCUT2D eigenvalue weighted by molar-refractivity contribution is 5.41. The third kappa shape index (κ3) is 5.18. The molecule has 21 heavy (non-hydrogen) atoms. The monoisotopic (exact) mass is 303 g/mol. The lowest BCUT2D eigenvalue weighted by molar-refractivity contribution is -0.149. The Bertz CT molecular complexity index is 459. The number of nitrogens with two attached hydrogens (primary N) is 1. The molecule has 0 spiro atoms. The zero-order chi connectivity index (χ0) is 15.5. The number of nitrogen functional groups attached to an aromatic ring is 1. The molecule has 1 aliphatic rings. The van der Waals surface area contributed by atoms with Gasteiger partial charge >= 0.3 is 6.18 Å². The van der Waals surface area contributed by atoms with Crippen LogP contribution >= 0.6 is 0 Å². The van der Waals surface area contributed by atoms with E-state index in [1.54, 1.807) is 24.3 Å². The fraction of sp³-hybridized carbons (Fsp3) is 0.571. The number of aliphatic hydroxyl groups excluding tert-OH is 1. The molecule has 0 bridgehead atoms.